The van der Waals surface area contributed by atoms with Gasteiger partial charge in [0.2, 0.25) is 0 Å². The Bertz CT molecular complexity index is 144. The molecule has 0 amide bonds. The van der Waals surface area contributed by atoms with E-state index in [2.05, 4.69) is 18.7 Å². The summed E-state index contributed by atoms with van der Waals surface area (Å²) in [6, 6.07) is -0.0509. The van der Waals surface area contributed by atoms with Crippen LogP contribution in [0.3, 0.4) is 0 Å². The van der Waals surface area contributed by atoms with Crippen LogP contribution in [-0.4, -0.2) is 43.5 Å². The van der Waals surface area contributed by atoms with Crippen molar-refractivity contribution in [2.24, 2.45) is 0 Å². The fourth-order valence-corrected chi connectivity index (χ4v) is 1.46. The van der Waals surface area contributed by atoms with Gasteiger partial charge in [-0.2, -0.15) is 0 Å². The van der Waals surface area contributed by atoms with Gasteiger partial charge in [0, 0.05) is 13.5 Å². The Balaban J connectivity index is 4.28. The van der Waals surface area contributed by atoms with Gasteiger partial charge < -0.3 is 4.74 Å². The minimum atomic E-state index is -0.0509. The van der Waals surface area contributed by atoms with Crippen molar-refractivity contribution in [3.05, 3.63) is 0 Å². The molecule has 1 atom stereocenters. The summed E-state index contributed by atoms with van der Waals surface area (Å²) >= 11 is 0. The third kappa shape index (κ3) is 3.87. The Hall–Kier alpha value is -0.410. The van der Waals surface area contributed by atoms with Crippen LogP contribution in [0.4, 0.5) is 0 Å². The van der Waals surface area contributed by atoms with E-state index in [0.29, 0.717) is 13.0 Å². The van der Waals surface area contributed by atoms with Gasteiger partial charge in [-0.05, 0) is 13.1 Å². The molecule has 0 heterocycles. The van der Waals surface area contributed by atoms with Gasteiger partial charge in [-0.15, -0.1) is 0 Å². The van der Waals surface area contributed by atoms with Crippen molar-refractivity contribution in [1.29, 1.82) is 0 Å². The van der Waals surface area contributed by atoms with E-state index >= 15 is 0 Å². The van der Waals surface area contributed by atoms with Crippen molar-refractivity contribution >= 4 is 5.78 Å². The molecule has 0 aromatic carbocycles. The van der Waals surface area contributed by atoms with E-state index in [1.807, 2.05) is 6.92 Å². The summed E-state index contributed by atoms with van der Waals surface area (Å²) in [7, 11) is 1.64. The molecule has 0 N–H and O–H groups in total. The molecule has 0 rings (SSSR count). The molecule has 0 aliphatic heterocycles. The van der Waals surface area contributed by atoms with Gasteiger partial charge in [0.25, 0.3) is 0 Å². The molecular weight excluding hydrogens is 166 g/mol. The summed E-state index contributed by atoms with van der Waals surface area (Å²) in [5, 5.41) is 0. The van der Waals surface area contributed by atoms with Crippen LogP contribution in [0.1, 0.15) is 27.2 Å². The van der Waals surface area contributed by atoms with Crippen molar-refractivity contribution in [2.45, 2.75) is 33.2 Å². The van der Waals surface area contributed by atoms with Gasteiger partial charge in [0.15, 0.2) is 5.78 Å². The number of likely N-dealkylation sites (N-methyl/N-ethyl adjacent to an activating group) is 1. The van der Waals surface area contributed by atoms with Crippen LogP contribution in [0.25, 0.3) is 0 Å². The fourth-order valence-electron chi connectivity index (χ4n) is 1.46. The largest absolute Gasteiger partial charge is 0.383 e. The number of methoxy groups -OCH3 is 1. The van der Waals surface area contributed by atoms with Crippen LogP contribution < -0.4 is 0 Å². The summed E-state index contributed by atoms with van der Waals surface area (Å²) in [6.45, 7) is 8.33. The Morgan fingerprint density at radius 2 is 1.85 bits per heavy atom. The van der Waals surface area contributed by atoms with Crippen LogP contribution in [0.15, 0.2) is 0 Å². The maximum Gasteiger partial charge on any atom is 0.152 e. The number of hydrogen-bond donors (Lipinski definition) is 0. The third-order valence-electron chi connectivity index (χ3n) is 2.30. The molecular formula is C10H21NO2. The minimum Gasteiger partial charge on any atom is -0.383 e. The first-order valence-electron chi connectivity index (χ1n) is 4.96. The molecule has 13 heavy (non-hydrogen) atoms. The molecule has 0 unspecified atom stereocenters. The molecule has 0 saturated carbocycles. The second kappa shape index (κ2) is 7.04. The molecule has 78 valence electrons. The van der Waals surface area contributed by atoms with E-state index in [1.165, 1.54) is 0 Å². The van der Waals surface area contributed by atoms with Crippen LogP contribution in [0.5, 0.6) is 0 Å². The van der Waals surface area contributed by atoms with Crippen molar-refractivity contribution in [3.63, 3.8) is 0 Å². The standard InChI is InChI=1S/C10H21NO2/c1-5-10(12)9(8-13-4)11(6-2)7-3/h9H,5-8H2,1-4H3/t9-/m1/s1. The molecule has 3 nitrogen and oxygen atoms in total. The molecule has 0 aliphatic carbocycles. The highest BCUT2D eigenvalue weighted by atomic mass is 16.5. The van der Waals surface area contributed by atoms with Gasteiger partial charge in [0.05, 0.1) is 12.6 Å². The van der Waals surface area contributed by atoms with E-state index in [9.17, 15) is 4.79 Å². The first-order chi connectivity index (χ1) is 6.21. The lowest BCUT2D eigenvalue weighted by atomic mass is 10.1. The summed E-state index contributed by atoms with van der Waals surface area (Å²) in [6.07, 6.45) is 0.588. The second-order valence-electron chi connectivity index (χ2n) is 3.01. The quantitative estimate of drug-likeness (QED) is 0.602. The van der Waals surface area contributed by atoms with Crippen molar-refractivity contribution in [1.82, 2.24) is 4.90 Å². The van der Waals surface area contributed by atoms with Crippen LogP contribution >= 0.6 is 0 Å². The highest BCUT2D eigenvalue weighted by Crippen LogP contribution is 2.03. The summed E-state index contributed by atoms with van der Waals surface area (Å²) < 4.78 is 5.05. The number of rotatable bonds is 7. The average Bonchev–Trinajstić information content (AvgIpc) is 2.17. The van der Waals surface area contributed by atoms with Crippen molar-refractivity contribution in [3.8, 4) is 0 Å². The lowest BCUT2D eigenvalue weighted by molar-refractivity contribution is -0.125. The van der Waals surface area contributed by atoms with Gasteiger partial charge >= 0.3 is 0 Å². The molecule has 0 fully saturated rings. The lowest BCUT2D eigenvalue weighted by Crippen LogP contribution is -2.43. The van der Waals surface area contributed by atoms with Crippen LogP contribution in [0, 0.1) is 0 Å². The molecule has 0 aromatic rings. The number of carbonyl (C=O) groups excluding carboxylic acids is 1. The third-order valence-corrected chi connectivity index (χ3v) is 2.30. The van der Waals surface area contributed by atoms with Crippen molar-refractivity contribution in [2.75, 3.05) is 26.8 Å². The normalized spacial score (nSPS) is 13.3. The Kier molecular flexibility index (Phi) is 6.82. The van der Waals surface area contributed by atoms with Crippen LogP contribution in [-0.2, 0) is 9.53 Å². The van der Waals surface area contributed by atoms with Gasteiger partial charge in [-0.3, -0.25) is 9.69 Å². The maximum absolute atomic E-state index is 11.5. The summed E-state index contributed by atoms with van der Waals surface area (Å²) in [5.74, 6) is 0.269. The maximum atomic E-state index is 11.5. The minimum absolute atomic E-state index is 0.0509. The molecule has 0 saturated heterocycles. The Morgan fingerprint density at radius 1 is 1.31 bits per heavy atom. The Morgan fingerprint density at radius 3 is 2.15 bits per heavy atom. The van der Waals surface area contributed by atoms with E-state index in [4.69, 9.17) is 4.74 Å². The molecule has 0 aliphatic rings. The van der Waals surface area contributed by atoms with Gasteiger partial charge in [0.1, 0.15) is 0 Å². The van der Waals surface area contributed by atoms with Gasteiger partial charge in [-0.1, -0.05) is 20.8 Å². The number of nitrogens with zero attached hydrogens (tertiary/aromatic N) is 1. The number of ketones is 1. The number of Topliss-reactive ketones (excluding diaryl/α,β-unsaturated/α-hetero) is 1. The molecule has 0 spiro atoms. The smallest absolute Gasteiger partial charge is 0.152 e. The average molecular weight is 187 g/mol. The highest BCUT2D eigenvalue weighted by Gasteiger charge is 2.21. The fraction of sp³-hybridized carbons (Fsp3) is 0.900. The monoisotopic (exact) mass is 187 g/mol. The van der Waals surface area contributed by atoms with Crippen molar-refractivity contribution < 1.29 is 9.53 Å². The van der Waals surface area contributed by atoms with E-state index in [0.717, 1.165) is 13.1 Å². The molecule has 0 aromatic heterocycles. The SMILES string of the molecule is CCC(=O)[C@@H](COC)N(CC)CC. The summed E-state index contributed by atoms with van der Waals surface area (Å²) in [4.78, 5) is 13.7. The molecule has 0 radical (unpaired) electrons. The summed E-state index contributed by atoms with van der Waals surface area (Å²) in [5.41, 5.74) is 0. The van der Waals surface area contributed by atoms with Gasteiger partial charge in [-0.25, -0.2) is 0 Å². The zero-order valence-corrected chi connectivity index (χ0v) is 9.17. The van der Waals surface area contributed by atoms with E-state index in [1.54, 1.807) is 7.11 Å². The van der Waals surface area contributed by atoms with E-state index in [-0.39, 0.29) is 11.8 Å². The Labute approximate surface area is 81.1 Å². The number of carbonyl (C=O) groups is 1. The predicted molar refractivity (Wildman–Crippen MR) is 53.9 cm³/mol. The molecule has 0 bridgehead atoms. The zero-order valence-electron chi connectivity index (χ0n) is 9.17. The first kappa shape index (κ1) is 12.6. The number of hydrogen-bond acceptors (Lipinski definition) is 3. The predicted octanol–water partition coefficient (Wildman–Crippen LogP) is 1.32. The highest BCUT2D eigenvalue weighted by molar-refractivity contribution is 5.83. The first-order valence-corrected chi connectivity index (χ1v) is 4.96. The zero-order chi connectivity index (χ0) is 10.3. The molecule has 3 heteroatoms. The van der Waals surface area contributed by atoms with Crippen LogP contribution in [0.2, 0.25) is 0 Å². The second-order valence-corrected chi connectivity index (χ2v) is 3.01. The number of ether oxygens (including phenoxy) is 1. The van der Waals surface area contributed by atoms with E-state index < -0.39 is 0 Å². The topological polar surface area (TPSA) is 29.5 Å². The lowest BCUT2D eigenvalue weighted by Gasteiger charge is -2.27.